The second-order valence-corrected chi connectivity index (χ2v) is 3.71. The molecule has 0 aliphatic rings. The molecule has 5 N–H and O–H groups in total. The van der Waals surface area contributed by atoms with Gasteiger partial charge in [0.2, 0.25) is 5.91 Å². The zero-order chi connectivity index (χ0) is 11.4. The van der Waals surface area contributed by atoms with E-state index in [2.05, 4.69) is 16.0 Å². The fourth-order valence-electron chi connectivity index (χ4n) is 1.32. The van der Waals surface area contributed by atoms with Gasteiger partial charge < -0.3 is 5.73 Å². The van der Waals surface area contributed by atoms with Crippen LogP contribution in [0, 0.1) is 0 Å². The third-order valence-electron chi connectivity index (χ3n) is 2.29. The summed E-state index contributed by atoms with van der Waals surface area (Å²) < 4.78 is 0. The van der Waals surface area contributed by atoms with Crippen LogP contribution in [0.1, 0.15) is 0 Å². The third kappa shape index (κ3) is 1.97. The summed E-state index contributed by atoms with van der Waals surface area (Å²) in [6.45, 7) is 0. The summed E-state index contributed by atoms with van der Waals surface area (Å²) in [4.78, 5) is 9.81. The molecule has 0 heterocycles. The predicted molar refractivity (Wildman–Crippen MR) is 58.4 cm³/mol. The first-order chi connectivity index (χ1) is 6.44. The van der Waals surface area contributed by atoms with Crippen LogP contribution in [-0.2, 0) is 4.79 Å². The molecule has 0 aromatic heterocycles. The summed E-state index contributed by atoms with van der Waals surface area (Å²) in [5, 5.41) is 8.54. The quantitative estimate of drug-likeness (QED) is 0.356. The van der Waals surface area contributed by atoms with Crippen molar-refractivity contribution in [1.29, 1.82) is 0 Å². The number of amides is 1. The summed E-state index contributed by atoms with van der Waals surface area (Å²) in [7, 11) is 4.92. The average molecular weight is 243 g/mol. The standard InChI is InChI=1S/C7H16Cl2N4O/c1-11-7(12-2,13-3)6(9,4-8)5(10)14/h11-13H,4H2,1-3H3,(H2,10,14). The number of nitrogens with two attached hydrogens (primary N) is 1. The van der Waals surface area contributed by atoms with E-state index >= 15 is 0 Å². The third-order valence-corrected chi connectivity index (χ3v) is 3.44. The molecule has 0 spiro atoms. The van der Waals surface area contributed by atoms with E-state index in [9.17, 15) is 4.79 Å². The van der Waals surface area contributed by atoms with Gasteiger partial charge in [0.15, 0.2) is 10.7 Å². The van der Waals surface area contributed by atoms with Crippen LogP contribution in [-0.4, -0.2) is 43.6 Å². The molecule has 0 saturated carbocycles. The molecule has 1 unspecified atom stereocenters. The Morgan fingerprint density at radius 3 is 1.71 bits per heavy atom. The Hall–Kier alpha value is -0.0700. The second kappa shape index (κ2) is 5.14. The highest BCUT2D eigenvalue weighted by molar-refractivity contribution is 6.40. The highest BCUT2D eigenvalue weighted by atomic mass is 35.5. The number of halogens is 2. The molecule has 84 valence electrons. The smallest absolute Gasteiger partial charge is 0.244 e. The Kier molecular flexibility index (Phi) is 5.11. The van der Waals surface area contributed by atoms with Gasteiger partial charge in [0.25, 0.3) is 0 Å². The van der Waals surface area contributed by atoms with Crippen LogP contribution in [0.4, 0.5) is 0 Å². The fourth-order valence-corrected chi connectivity index (χ4v) is 1.94. The minimum absolute atomic E-state index is 0.119. The van der Waals surface area contributed by atoms with E-state index in [0.29, 0.717) is 0 Å². The Bertz CT molecular complexity index is 202. The molecule has 0 aliphatic heterocycles. The highest BCUT2D eigenvalue weighted by Crippen LogP contribution is 2.26. The van der Waals surface area contributed by atoms with Crippen LogP contribution in [0.3, 0.4) is 0 Å². The highest BCUT2D eigenvalue weighted by Gasteiger charge is 2.52. The van der Waals surface area contributed by atoms with Crippen molar-refractivity contribution in [3.05, 3.63) is 0 Å². The molecule has 14 heavy (non-hydrogen) atoms. The number of primary amides is 1. The van der Waals surface area contributed by atoms with Crippen molar-refractivity contribution in [2.45, 2.75) is 10.7 Å². The van der Waals surface area contributed by atoms with E-state index in [1.165, 1.54) is 0 Å². The molecule has 0 aromatic carbocycles. The Morgan fingerprint density at radius 2 is 1.64 bits per heavy atom. The van der Waals surface area contributed by atoms with E-state index in [4.69, 9.17) is 28.9 Å². The minimum Gasteiger partial charge on any atom is -0.368 e. The molecule has 1 atom stereocenters. The number of carbonyl (C=O) groups excluding carboxylic acids is 1. The molecular weight excluding hydrogens is 227 g/mol. The summed E-state index contributed by atoms with van der Waals surface area (Å²) >= 11 is 11.8. The molecule has 1 amide bonds. The molecule has 7 heteroatoms. The van der Waals surface area contributed by atoms with Crippen molar-refractivity contribution in [3.8, 4) is 0 Å². The molecule has 0 radical (unpaired) electrons. The van der Waals surface area contributed by atoms with Gasteiger partial charge in [0, 0.05) is 0 Å². The summed E-state index contributed by atoms with van der Waals surface area (Å²) in [6, 6.07) is 0. The maximum Gasteiger partial charge on any atom is 0.244 e. The Balaban J connectivity index is 5.22. The number of hydrogen-bond donors (Lipinski definition) is 4. The second-order valence-electron chi connectivity index (χ2n) is 2.80. The van der Waals surface area contributed by atoms with Gasteiger partial charge in [-0.15, -0.1) is 23.2 Å². The first-order valence-electron chi connectivity index (χ1n) is 4.05. The lowest BCUT2D eigenvalue weighted by Crippen LogP contribution is -2.78. The zero-order valence-corrected chi connectivity index (χ0v) is 9.96. The largest absolute Gasteiger partial charge is 0.368 e. The monoisotopic (exact) mass is 242 g/mol. The Morgan fingerprint density at radius 1 is 1.29 bits per heavy atom. The minimum atomic E-state index is -1.45. The number of alkyl halides is 2. The van der Waals surface area contributed by atoms with Crippen molar-refractivity contribution >= 4 is 29.1 Å². The number of hydrogen-bond acceptors (Lipinski definition) is 4. The van der Waals surface area contributed by atoms with Crippen molar-refractivity contribution in [2.24, 2.45) is 5.73 Å². The van der Waals surface area contributed by atoms with Crippen LogP contribution in [0.5, 0.6) is 0 Å². The summed E-state index contributed by atoms with van der Waals surface area (Å²) in [5.74, 6) is -1.86. The van der Waals surface area contributed by atoms with Crippen LogP contribution in [0.15, 0.2) is 0 Å². The summed E-state index contributed by atoms with van der Waals surface area (Å²) in [5.41, 5.74) is 5.22. The lowest BCUT2D eigenvalue weighted by Gasteiger charge is -2.43. The molecule has 0 rings (SSSR count). The Labute approximate surface area is 93.7 Å². The first kappa shape index (κ1) is 13.9. The normalized spacial score (nSPS) is 16.4. The van der Waals surface area contributed by atoms with Crippen LogP contribution in [0.2, 0.25) is 0 Å². The van der Waals surface area contributed by atoms with Crippen molar-refractivity contribution < 1.29 is 4.79 Å². The van der Waals surface area contributed by atoms with Crippen LogP contribution in [0.25, 0.3) is 0 Å². The van der Waals surface area contributed by atoms with Gasteiger partial charge in [-0.05, 0) is 21.1 Å². The van der Waals surface area contributed by atoms with E-state index in [1.54, 1.807) is 21.1 Å². The maximum absolute atomic E-state index is 11.3. The van der Waals surface area contributed by atoms with E-state index in [1.807, 2.05) is 0 Å². The van der Waals surface area contributed by atoms with E-state index in [-0.39, 0.29) is 5.88 Å². The SMILES string of the molecule is CNC(NC)(NC)C(Cl)(CCl)C(N)=O. The van der Waals surface area contributed by atoms with Gasteiger partial charge in [-0.1, -0.05) is 0 Å². The van der Waals surface area contributed by atoms with Crippen molar-refractivity contribution in [2.75, 3.05) is 27.0 Å². The van der Waals surface area contributed by atoms with Gasteiger partial charge in [-0.25, -0.2) is 0 Å². The first-order valence-corrected chi connectivity index (χ1v) is 4.97. The molecular formula is C7H16Cl2N4O. The van der Waals surface area contributed by atoms with Crippen molar-refractivity contribution in [1.82, 2.24) is 16.0 Å². The molecule has 5 nitrogen and oxygen atoms in total. The number of rotatable bonds is 6. The molecule has 0 saturated heterocycles. The summed E-state index contributed by atoms with van der Waals surface area (Å²) in [6.07, 6.45) is 0. The van der Waals surface area contributed by atoms with Gasteiger partial charge in [0.05, 0.1) is 5.88 Å². The van der Waals surface area contributed by atoms with Gasteiger partial charge in [0.1, 0.15) is 0 Å². The molecule has 0 fully saturated rings. The fraction of sp³-hybridized carbons (Fsp3) is 0.857. The average Bonchev–Trinajstić information content (AvgIpc) is 2.20. The predicted octanol–water partition coefficient (Wildman–Crippen LogP) is -1.000. The zero-order valence-electron chi connectivity index (χ0n) is 8.45. The molecule has 0 aromatic rings. The van der Waals surface area contributed by atoms with Crippen LogP contribution < -0.4 is 21.7 Å². The van der Waals surface area contributed by atoms with Gasteiger partial charge in [-0.3, -0.25) is 20.7 Å². The van der Waals surface area contributed by atoms with E-state index < -0.39 is 16.6 Å². The maximum atomic E-state index is 11.3. The topological polar surface area (TPSA) is 79.2 Å². The molecule has 0 bridgehead atoms. The number of carbonyl (C=O) groups is 1. The molecule has 0 aliphatic carbocycles. The van der Waals surface area contributed by atoms with E-state index in [0.717, 1.165) is 0 Å². The van der Waals surface area contributed by atoms with Crippen LogP contribution >= 0.6 is 23.2 Å². The lowest BCUT2D eigenvalue weighted by atomic mass is 10.0. The van der Waals surface area contributed by atoms with Gasteiger partial charge >= 0.3 is 0 Å². The van der Waals surface area contributed by atoms with Gasteiger partial charge in [-0.2, -0.15) is 0 Å². The lowest BCUT2D eigenvalue weighted by molar-refractivity contribution is -0.123. The number of nitrogens with one attached hydrogen (secondary N) is 3. The van der Waals surface area contributed by atoms with Crippen molar-refractivity contribution in [3.63, 3.8) is 0 Å².